The molecule has 4 N–H and O–H groups in total. The van der Waals surface area contributed by atoms with E-state index < -0.39 is 0 Å². The van der Waals surface area contributed by atoms with Gasteiger partial charge in [-0.15, -0.1) is 0 Å². The summed E-state index contributed by atoms with van der Waals surface area (Å²) < 4.78 is 0. The molecule has 92 valence electrons. The van der Waals surface area contributed by atoms with Crippen molar-refractivity contribution >= 4 is 11.8 Å². The molecule has 0 spiro atoms. The van der Waals surface area contributed by atoms with Crippen LogP contribution < -0.4 is 11.2 Å². The van der Waals surface area contributed by atoms with Gasteiger partial charge in [-0.25, -0.2) is 0 Å². The molecule has 0 atom stereocenters. The molecule has 0 unspecified atom stereocenters. The monoisotopic (exact) mass is 228 g/mol. The number of rotatable bonds is 4. The Morgan fingerprint density at radius 1 is 1.56 bits per heavy atom. The number of hydrogen-bond acceptors (Lipinski definition) is 5. The van der Waals surface area contributed by atoms with Gasteiger partial charge in [0.2, 0.25) is 11.8 Å². The number of carbonyl (C=O) groups is 1. The highest BCUT2D eigenvalue weighted by Crippen LogP contribution is 2.17. The molecule has 6 nitrogen and oxygen atoms in total. The summed E-state index contributed by atoms with van der Waals surface area (Å²) >= 11 is 0. The van der Waals surface area contributed by atoms with Crippen LogP contribution in [0.25, 0.3) is 0 Å². The molecule has 1 aliphatic rings. The lowest BCUT2D eigenvalue weighted by atomic mass is 9.97. The third-order valence-electron chi connectivity index (χ3n) is 2.89. The number of nitrogens with two attached hydrogens (primary N) is 1. The highest BCUT2D eigenvalue weighted by molar-refractivity contribution is 5.75. The maximum absolute atomic E-state index is 10.7. The standard InChI is InChI=1S/C10H20N4O2/c1-8(15)13-4-7-14-5-2-9(3-6-14)10(11)16-12/h9,11H,2-7,12H2,1H3,(H,13,15). The van der Waals surface area contributed by atoms with Gasteiger partial charge in [0.25, 0.3) is 0 Å². The molecule has 0 radical (unpaired) electrons. The fourth-order valence-corrected chi connectivity index (χ4v) is 1.91. The normalized spacial score (nSPS) is 18.1. The highest BCUT2D eigenvalue weighted by atomic mass is 16.6. The van der Waals surface area contributed by atoms with Crippen LogP contribution in [0.2, 0.25) is 0 Å². The van der Waals surface area contributed by atoms with Crippen molar-refractivity contribution in [1.82, 2.24) is 10.2 Å². The second-order valence-corrected chi connectivity index (χ2v) is 4.08. The first-order valence-corrected chi connectivity index (χ1v) is 5.55. The van der Waals surface area contributed by atoms with Gasteiger partial charge in [0.1, 0.15) is 0 Å². The number of likely N-dealkylation sites (tertiary alicyclic amines) is 1. The summed E-state index contributed by atoms with van der Waals surface area (Å²) in [6, 6.07) is 0. The van der Waals surface area contributed by atoms with Crippen LogP contribution in [0.5, 0.6) is 0 Å². The van der Waals surface area contributed by atoms with Crippen LogP contribution in [0.15, 0.2) is 0 Å². The van der Waals surface area contributed by atoms with Gasteiger partial charge in [-0.3, -0.25) is 10.2 Å². The summed E-state index contributed by atoms with van der Waals surface area (Å²) in [5.74, 6) is 5.31. The van der Waals surface area contributed by atoms with Crippen LogP contribution in [0.4, 0.5) is 0 Å². The van der Waals surface area contributed by atoms with Crippen LogP contribution in [0, 0.1) is 11.3 Å². The van der Waals surface area contributed by atoms with Crippen LogP contribution in [-0.4, -0.2) is 42.9 Å². The summed E-state index contributed by atoms with van der Waals surface area (Å²) in [6.45, 7) is 4.92. The Morgan fingerprint density at radius 2 is 2.19 bits per heavy atom. The smallest absolute Gasteiger partial charge is 0.216 e. The number of piperidine rings is 1. The Kier molecular flexibility index (Phi) is 5.21. The molecule has 16 heavy (non-hydrogen) atoms. The number of nitrogens with zero attached hydrogens (tertiary/aromatic N) is 1. The molecule has 1 aliphatic heterocycles. The van der Waals surface area contributed by atoms with E-state index in [-0.39, 0.29) is 17.7 Å². The van der Waals surface area contributed by atoms with Gasteiger partial charge >= 0.3 is 0 Å². The fraction of sp³-hybridized carbons (Fsp3) is 0.800. The predicted octanol–water partition coefficient (Wildman–Crippen LogP) is -0.298. The van der Waals surface area contributed by atoms with Crippen LogP contribution in [0.3, 0.4) is 0 Å². The van der Waals surface area contributed by atoms with Gasteiger partial charge in [0.15, 0.2) is 0 Å². The quantitative estimate of drug-likeness (QED) is 0.350. The minimum absolute atomic E-state index is 0.00759. The number of carbonyl (C=O) groups excluding carboxylic acids is 1. The van der Waals surface area contributed by atoms with Crippen molar-refractivity contribution < 1.29 is 9.63 Å². The minimum Gasteiger partial charge on any atom is -0.396 e. The molecule has 0 saturated carbocycles. The Labute approximate surface area is 95.6 Å². The lowest BCUT2D eigenvalue weighted by Gasteiger charge is -2.31. The molecule has 6 heteroatoms. The summed E-state index contributed by atoms with van der Waals surface area (Å²) in [5.41, 5.74) is 0. The molecule has 0 bridgehead atoms. The molecule has 0 aromatic rings. The molecule has 1 rings (SSSR count). The average Bonchev–Trinajstić information content (AvgIpc) is 2.28. The zero-order chi connectivity index (χ0) is 12.0. The second kappa shape index (κ2) is 6.44. The topological polar surface area (TPSA) is 91.4 Å². The van der Waals surface area contributed by atoms with Gasteiger partial charge in [-0.05, 0) is 25.9 Å². The fourth-order valence-electron chi connectivity index (χ4n) is 1.91. The molecular formula is C10H20N4O2. The number of hydrogen-bond donors (Lipinski definition) is 3. The van der Waals surface area contributed by atoms with Crippen LogP contribution in [-0.2, 0) is 9.63 Å². The summed E-state index contributed by atoms with van der Waals surface area (Å²) in [7, 11) is 0. The number of nitrogens with one attached hydrogen (secondary N) is 2. The Bertz CT molecular complexity index is 249. The van der Waals surface area contributed by atoms with Crippen LogP contribution in [0.1, 0.15) is 19.8 Å². The predicted molar refractivity (Wildman–Crippen MR) is 60.8 cm³/mol. The molecular weight excluding hydrogens is 208 g/mol. The Balaban J connectivity index is 2.17. The van der Waals surface area contributed by atoms with Crippen LogP contribution >= 0.6 is 0 Å². The summed E-state index contributed by atoms with van der Waals surface area (Å²) in [6.07, 6.45) is 1.80. The van der Waals surface area contributed by atoms with E-state index in [0.717, 1.165) is 32.5 Å². The highest BCUT2D eigenvalue weighted by Gasteiger charge is 2.23. The van der Waals surface area contributed by atoms with Crippen molar-refractivity contribution in [2.45, 2.75) is 19.8 Å². The van der Waals surface area contributed by atoms with Gasteiger partial charge < -0.3 is 15.1 Å². The zero-order valence-corrected chi connectivity index (χ0v) is 9.66. The van der Waals surface area contributed by atoms with Crippen molar-refractivity contribution in [3.05, 3.63) is 0 Å². The third kappa shape index (κ3) is 4.16. The van der Waals surface area contributed by atoms with Gasteiger partial charge in [-0.2, -0.15) is 5.90 Å². The van der Waals surface area contributed by atoms with E-state index >= 15 is 0 Å². The molecule has 1 saturated heterocycles. The molecule has 0 aromatic carbocycles. The maximum atomic E-state index is 10.7. The van der Waals surface area contributed by atoms with E-state index in [1.807, 2.05) is 0 Å². The van der Waals surface area contributed by atoms with E-state index in [0.29, 0.717) is 6.54 Å². The summed E-state index contributed by atoms with van der Waals surface area (Å²) in [4.78, 5) is 17.4. The first-order chi connectivity index (χ1) is 7.63. The van der Waals surface area contributed by atoms with Crippen molar-refractivity contribution in [2.24, 2.45) is 11.8 Å². The lowest BCUT2D eigenvalue weighted by molar-refractivity contribution is -0.119. The molecule has 1 heterocycles. The van der Waals surface area contributed by atoms with Crippen molar-refractivity contribution in [1.29, 1.82) is 5.41 Å². The lowest BCUT2D eigenvalue weighted by Crippen LogP contribution is -2.41. The first kappa shape index (κ1) is 12.9. The van der Waals surface area contributed by atoms with Gasteiger partial charge in [0.05, 0.1) is 0 Å². The third-order valence-corrected chi connectivity index (χ3v) is 2.89. The molecule has 1 fully saturated rings. The minimum atomic E-state index is 0.00759. The zero-order valence-electron chi connectivity index (χ0n) is 9.66. The maximum Gasteiger partial charge on any atom is 0.216 e. The Hall–Kier alpha value is -1.14. The van der Waals surface area contributed by atoms with Gasteiger partial charge in [-0.1, -0.05) is 0 Å². The van der Waals surface area contributed by atoms with Gasteiger partial charge in [0, 0.05) is 25.9 Å². The first-order valence-electron chi connectivity index (χ1n) is 5.55. The average molecular weight is 228 g/mol. The van der Waals surface area contributed by atoms with Crippen molar-refractivity contribution in [3.63, 3.8) is 0 Å². The second-order valence-electron chi connectivity index (χ2n) is 4.08. The van der Waals surface area contributed by atoms with E-state index in [9.17, 15) is 4.79 Å². The van der Waals surface area contributed by atoms with E-state index in [1.54, 1.807) is 0 Å². The van der Waals surface area contributed by atoms with Crippen molar-refractivity contribution in [2.75, 3.05) is 26.2 Å². The summed E-state index contributed by atoms with van der Waals surface area (Å²) in [5, 5.41) is 10.2. The van der Waals surface area contributed by atoms with Crippen molar-refractivity contribution in [3.8, 4) is 0 Å². The van der Waals surface area contributed by atoms with E-state index in [2.05, 4.69) is 15.1 Å². The molecule has 0 aromatic heterocycles. The number of amides is 1. The Morgan fingerprint density at radius 3 is 2.69 bits per heavy atom. The SMILES string of the molecule is CC(=O)NCCN1CCC(C(=N)ON)CC1. The largest absolute Gasteiger partial charge is 0.396 e. The van der Waals surface area contributed by atoms with E-state index in [1.165, 1.54) is 6.92 Å². The molecule has 1 amide bonds. The molecule has 0 aliphatic carbocycles. The van der Waals surface area contributed by atoms with E-state index in [4.69, 9.17) is 11.3 Å².